The topological polar surface area (TPSA) is 64.6 Å². The zero-order valence-electron chi connectivity index (χ0n) is 11.4. The molecule has 1 amide bonds. The largest absolute Gasteiger partial charge is 0.336 e. The molecule has 1 saturated carbocycles. The van der Waals surface area contributed by atoms with Gasteiger partial charge >= 0.3 is 0 Å². The number of anilines is 1. The fourth-order valence-corrected chi connectivity index (χ4v) is 3.63. The molecule has 4 rings (SSSR count). The molecular weight excluding hydrogens is 242 g/mol. The van der Waals surface area contributed by atoms with Crippen molar-refractivity contribution in [1.82, 2.24) is 14.9 Å². The van der Waals surface area contributed by atoms with Crippen LogP contribution in [0, 0.1) is 6.92 Å². The molecule has 0 bridgehead atoms. The van der Waals surface area contributed by atoms with Crippen LogP contribution < -0.4 is 4.90 Å². The number of guanidine groups is 1. The summed E-state index contributed by atoms with van der Waals surface area (Å²) in [5.41, 5.74) is 0.522. The number of nitrogens with zero attached hydrogens (tertiary/aromatic N) is 4. The number of nitrogens with one attached hydrogen (secondary N) is 1. The van der Waals surface area contributed by atoms with Gasteiger partial charge in [0.1, 0.15) is 11.5 Å². The summed E-state index contributed by atoms with van der Waals surface area (Å²) in [6, 6.07) is 0.333. The number of aromatic amines is 1. The second-order valence-corrected chi connectivity index (χ2v) is 5.93. The van der Waals surface area contributed by atoms with Crippen molar-refractivity contribution in [1.29, 1.82) is 0 Å². The number of hydrogen-bond donors (Lipinski definition) is 1. The summed E-state index contributed by atoms with van der Waals surface area (Å²) >= 11 is 0. The van der Waals surface area contributed by atoms with Gasteiger partial charge in [-0.15, -0.1) is 0 Å². The Morgan fingerprint density at radius 1 is 1.47 bits per heavy atom. The van der Waals surface area contributed by atoms with Crippen molar-refractivity contribution in [3.63, 3.8) is 0 Å². The van der Waals surface area contributed by atoms with E-state index < -0.39 is 0 Å². The Hall–Kier alpha value is -1.85. The maximum Gasteiger partial charge on any atom is 0.280 e. The lowest BCUT2D eigenvalue weighted by Crippen LogP contribution is -2.52. The van der Waals surface area contributed by atoms with E-state index in [1.54, 1.807) is 11.9 Å². The minimum absolute atomic E-state index is 0.0471. The summed E-state index contributed by atoms with van der Waals surface area (Å²) in [4.78, 5) is 28.6. The van der Waals surface area contributed by atoms with Crippen molar-refractivity contribution in [3.05, 3.63) is 11.5 Å². The van der Waals surface area contributed by atoms with Crippen LogP contribution in [0.4, 0.5) is 5.82 Å². The van der Waals surface area contributed by atoms with Crippen molar-refractivity contribution in [2.75, 3.05) is 11.9 Å². The highest BCUT2D eigenvalue weighted by atomic mass is 16.2. The minimum Gasteiger partial charge on any atom is -0.336 e. The molecule has 2 atom stereocenters. The van der Waals surface area contributed by atoms with E-state index in [4.69, 9.17) is 4.99 Å². The molecule has 1 aliphatic carbocycles. The van der Waals surface area contributed by atoms with Crippen molar-refractivity contribution >= 4 is 17.7 Å². The average molecular weight is 259 g/mol. The molecule has 2 aliphatic heterocycles. The molecule has 0 saturated heterocycles. The van der Waals surface area contributed by atoms with E-state index in [9.17, 15) is 4.79 Å². The second-order valence-electron chi connectivity index (χ2n) is 5.93. The van der Waals surface area contributed by atoms with Crippen molar-refractivity contribution < 1.29 is 4.79 Å². The number of aryl methyl sites for hydroxylation is 1. The van der Waals surface area contributed by atoms with Gasteiger partial charge in [0, 0.05) is 7.05 Å². The Kier molecular flexibility index (Phi) is 1.84. The van der Waals surface area contributed by atoms with Crippen molar-refractivity contribution in [2.24, 2.45) is 4.99 Å². The van der Waals surface area contributed by atoms with E-state index in [1.165, 1.54) is 6.42 Å². The van der Waals surface area contributed by atoms with Gasteiger partial charge in [0.15, 0.2) is 5.82 Å². The molecule has 6 heteroatoms. The zero-order chi connectivity index (χ0) is 13.4. The van der Waals surface area contributed by atoms with E-state index >= 15 is 0 Å². The van der Waals surface area contributed by atoms with Gasteiger partial charge < -0.3 is 4.98 Å². The predicted octanol–water partition coefficient (Wildman–Crippen LogP) is 1.29. The third kappa shape index (κ3) is 1.19. The van der Waals surface area contributed by atoms with Gasteiger partial charge in [0.2, 0.25) is 5.96 Å². The molecule has 1 fully saturated rings. The van der Waals surface area contributed by atoms with Crippen LogP contribution in [0.25, 0.3) is 0 Å². The molecule has 1 aromatic heterocycles. The average Bonchev–Trinajstić information content (AvgIpc) is 2.96. The number of amides is 1. The Labute approximate surface area is 111 Å². The van der Waals surface area contributed by atoms with Crippen LogP contribution in [-0.4, -0.2) is 45.4 Å². The number of aliphatic imine (C=N–C) groups is 1. The molecule has 3 heterocycles. The summed E-state index contributed by atoms with van der Waals surface area (Å²) in [5.74, 6) is 2.25. The van der Waals surface area contributed by atoms with Crippen LogP contribution in [0.15, 0.2) is 4.99 Å². The van der Waals surface area contributed by atoms with E-state index in [-0.39, 0.29) is 11.4 Å². The normalized spacial score (nSPS) is 32.3. The molecule has 3 aliphatic rings. The maximum atomic E-state index is 12.3. The maximum absolute atomic E-state index is 12.3. The highest BCUT2D eigenvalue weighted by Gasteiger charge is 2.53. The quantitative estimate of drug-likeness (QED) is 0.763. The summed E-state index contributed by atoms with van der Waals surface area (Å²) in [6.07, 6.45) is 3.38. The number of hydrogen-bond acceptors (Lipinski definition) is 4. The van der Waals surface area contributed by atoms with Gasteiger partial charge in [-0.05, 0) is 33.1 Å². The van der Waals surface area contributed by atoms with Gasteiger partial charge in [-0.3, -0.25) is 14.6 Å². The first kappa shape index (κ1) is 11.0. The van der Waals surface area contributed by atoms with Gasteiger partial charge in [-0.25, -0.2) is 9.98 Å². The summed E-state index contributed by atoms with van der Waals surface area (Å²) in [5, 5.41) is 0. The molecule has 6 nitrogen and oxygen atoms in total. The fourth-order valence-electron chi connectivity index (χ4n) is 3.63. The standard InChI is InChI=1S/C13H17N5O/c1-7-14-9-10(15-7)18-8-5-4-6-13(8,2)16-12(18)17(3)11(9)19/h8H,4-6H2,1-3H3,(H,14,15)/t8-,13+/m0/s1. The smallest absolute Gasteiger partial charge is 0.280 e. The molecular formula is C13H17N5O. The number of rotatable bonds is 0. The molecule has 1 aromatic rings. The lowest BCUT2D eigenvalue weighted by Gasteiger charge is -2.34. The number of fused-ring (bicyclic) bond motifs is 5. The molecule has 0 radical (unpaired) electrons. The Bertz CT molecular complexity index is 619. The fraction of sp³-hybridized carbons (Fsp3) is 0.615. The lowest BCUT2D eigenvalue weighted by atomic mass is 9.97. The molecule has 0 unspecified atom stereocenters. The number of carbonyl (C=O) groups excluding carboxylic acids is 1. The van der Waals surface area contributed by atoms with Crippen molar-refractivity contribution in [2.45, 2.75) is 44.7 Å². The highest BCUT2D eigenvalue weighted by Crippen LogP contribution is 2.45. The molecule has 0 aromatic carbocycles. The summed E-state index contributed by atoms with van der Waals surface area (Å²) in [6.45, 7) is 4.07. The predicted molar refractivity (Wildman–Crippen MR) is 71.4 cm³/mol. The number of H-pyrrole nitrogens is 1. The number of carbonyl (C=O) groups is 1. The summed E-state index contributed by atoms with van der Waals surface area (Å²) in [7, 11) is 1.79. The summed E-state index contributed by atoms with van der Waals surface area (Å²) < 4.78 is 0. The Balaban J connectivity index is 1.94. The Morgan fingerprint density at radius 2 is 2.26 bits per heavy atom. The number of aromatic nitrogens is 2. The van der Waals surface area contributed by atoms with Crippen molar-refractivity contribution in [3.8, 4) is 0 Å². The van der Waals surface area contributed by atoms with Gasteiger partial charge in [0.05, 0.1) is 11.6 Å². The molecule has 19 heavy (non-hydrogen) atoms. The highest BCUT2D eigenvalue weighted by molar-refractivity contribution is 6.18. The third-order valence-electron chi connectivity index (χ3n) is 4.61. The first-order chi connectivity index (χ1) is 9.01. The van der Waals surface area contributed by atoms with Gasteiger partial charge in [0.25, 0.3) is 5.91 Å². The van der Waals surface area contributed by atoms with E-state index in [2.05, 4.69) is 21.8 Å². The van der Waals surface area contributed by atoms with E-state index in [1.807, 2.05) is 6.92 Å². The van der Waals surface area contributed by atoms with Crippen LogP contribution in [-0.2, 0) is 0 Å². The van der Waals surface area contributed by atoms with E-state index in [0.717, 1.165) is 30.4 Å². The van der Waals surface area contributed by atoms with Gasteiger partial charge in [-0.1, -0.05) is 0 Å². The zero-order valence-corrected chi connectivity index (χ0v) is 11.4. The van der Waals surface area contributed by atoms with Crippen LogP contribution >= 0.6 is 0 Å². The van der Waals surface area contributed by atoms with Gasteiger partial charge in [-0.2, -0.15) is 0 Å². The Morgan fingerprint density at radius 3 is 3.05 bits per heavy atom. The molecule has 0 spiro atoms. The molecule has 100 valence electrons. The second kappa shape index (κ2) is 3.18. The van der Waals surface area contributed by atoms with E-state index in [0.29, 0.717) is 11.7 Å². The third-order valence-corrected chi connectivity index (χ3v) is 4.61. The van der Waals surface area contributed by atoms with Crippen LogP contribution in [0.5, 0.6) is 0 Å². The monoisotopic (exact) mass is 259 g/mol. The van der Waals surface area contributed by atoms with Crippen LogP contribution in [0.1, 0.15) is 42.5 Å². The number of imidazole rings is 1. The lowest BCUT2D eigenvalue weighted by molar-refractivity contribution is 0.0860. The van der Waals surface area contributed by atoms with Crippen LogP contribution in [0.3, 0.4) is 0 Å². The SMILES string of the molecule is Cc1nc2c([nH]1)C(=O)N(C)C1=N[C@]3(C)CCC[C@@H]3N12. The first-order valence-corrected chi connectivity index (χ1v) is 6.75. The van der Waals surface area contributed by atoms with Crippen LogP contribution in [0.2, 0.25) is 0 Å². The minimum atomic E-state index is -0.0711. The first-order valence-electron chi connectivity index (χ1n) is 6.75. The molecule has 1 N–H and O–H groups in total.